The van der Waals surface area contributed by atoms with E-state index < -0.39 is 0 Å². The van der Waals surface area contributed by atoms with E-state index in [2.05, 4.69) is 104 Å². The average molecular weight is 692 g/mol. The molecule has 0 unspecified atom stereocenters. The molecule has 0 bridgehead atoms. The lowest BCUT2D eigenvalue weighted by atomic mass is 10.0. The van der Waals surface area contributed by atoms with E-state index in [0.717, 1.165) is 39.4 Å². The molecule has 0 fully saturated rings. The normalized spacial score (nSPS) is 11.4. The molecule has 2 nitrogen and oxygen atoms in total. The Morgan fingerprint density at radius 2 is 1.58 bits per heavy atom. The summed E-state index contributed by atoms with van der Waals surface area (Å²) < 4.78 is 9.18. The molecule has 0 spiro atoms. The molecule has 0 heterocycles. The van der Waals surface area contributed by atoms with Crippen LogP contribution in [-0.4, -0.2) is 0 Å². The largest absolute Gasteiger partial charge is 0.487 e. The predicted molar refractivity (Wildman–Crippen MR) is 148 cm³/mol. The maximum atomic E-state index is 9.79. The summed E-state index contributed by atoms with van der Waals surface area (Å²) >= 11 is 8.05. The van der Waals surface area contributed by atoms with E-state index in [4.69, 9.17) is 4.74 Å². The lowest BCUT2D eigenvalue weighted by Crippen LogP contribution is -1.99. The molecule has 0 aliphatic heterocycles. The van der Waals surface area contributed by atoms with Crippen molar-refractivity contribution in [2.45, 2.75) is 6.61 Å². The molecule has 31 heavy (non-hydrogen) atoms. The van der Waals surface area contributed by atoms with Crippen LogP contribution in [0.4, 0.5) is 0 Å². The average Bonchev–Trinajstić information content (AvgIpc) is 2.78. The highest BCUT2D eigenvalue weighted by molar-refractivity contribution is 14.1. The lowest BCUT2D eigenvalue weighted by Gasteiger charge is -2.12. The molecule has 0 aromatic heterocycles. The van der Waals surface area contributed by atoms with Gasteiger partial charge in [0.05, 0.1) is 18.8 Å². The zero-order chi connectivity index (χ0) is 21.8. The van der Waals surface area contributed by atoms with Gasteiger partial charge in [0.2, 0.25) is 0 Å². The molecular formula is C26H16BrI2NO. The summed E-state index contributed by atoms with van der Waals surface area (Å²) in [5.74, 6) is 0.866. The molecule has 4 rings (SSSR count). The van der Waals surface area contributed by atoms with E-state index in [-0.39, 0.29) is 0 Å². The second-order valence-electron chi connectivity index (χ2n) is 6.96. The number of hydrogen-bond acceptors (Lipinski definition) is 2. The van der Waals surface area contributed by atoms with Crippen LogP contribution >= 0.6 is 61.1 Å². The molecule has 0 N–H and O–H groups in total. The van der Waals surface area contributed by atoms with Gasteiger partial charge in [0.1, 0.15) is 12.4 Å². The summed E-state index contributed by atoms with van der Waals surface area (Å²) in [6.45, 7) is 0.509. The maximum absolute atomic E-state index is 9.79. The van der Waals surface area contributed by atoms with Crippen molar-refractivity contribution >= 4 is 83.5 Å². The van der Waals surface area contributed by atoms with Crippen LogP contribution in [0.25, 0.3) is 22.4 Å². The molecule has 4 aromatic rings. The van der Waals surface area contributed by atoms with Crippen LogP contribution in [0, 0.1) is 18.5 Å². The Morgan fingerprint density at radius 1 is 0.903 bits per heavy atom. The Labute approximate surface area is 217 Å². The second-order valence-corrected chi connectivity index (χ2v) is 10.2. The number of allylic oxidation sites excluding steroid dienone is 1. The van der Waals surface area contributed by atoms with Gasteiger partial charge in [0.15, 0.2) is 0 Å². The molecule has 0 atom stereocenters. The lowest BCUT2D eigenvalue weighted by molar-refractivity contribution is 0.301. The van der Waals surface area contributed by atoms with Crippen molar-refractivity contribution in [2.24, 2.45) is 0 Å². The number of fused-ring (bicyclic) bond motifs is 1. The molecule has 152 valence electrons. The van der Waals surface area contributed by atoms with Gasteiger partial charge in [-0.25, -0.2) is 0 Å². The summed E-state index contributed by atoms with van der Waals surface area (Å²) in [6, 6.07) is 28.9. The van der Waals surface area contributed by atoms with Gasteiger partial charge in [-0.3, -0.25) is 0 Å². The number of halogens is 3. The summed E-state index contributed by atoms with van der Waals surface area (Å²) in [6.07, 6.45) is 1.94. The minimum absolute atomic E-state index is 0.509. The first-order chi connectivity index (χ1) is 15.0. The fourth-order valence-corrected chi connectivity index (χ4v) is 5.63. The molecule has 0 saturated carbocycles. The van der Waals surface area contributed by atoms with Crippen molar-refractivity contribution in [3.05, 3.63) is 107 Å². The molecule has 0 aliphatic rings. The minimum Gasteiger partial charge on any atom is -0.487 e. The van der Waals surface area contributed by atoms with Crippen molar-refractivity contribution < 1.29 is 4.74 Å². The summed E-state index contributed by atoms with van der Waals surface area (Å²) in [7, 11) is 0. The smallest absolute Gasteiger partial charge is 0.146 e. The molecular weight excluding hydrogens is 676 g/mol. The van der Waals surface area contributed by atoms with Crippen molar-refractivity contribution in [1.29, 1.82) is 5.26 Å². The third-order valence-corrected chi connectivity index (χ3v) is 6.94. The fourth-order valence-electron chi connectivity index (χ4n) is 3.24. The Balaban J connectivity index is 1.60. The van der Waals surface area contributed by atoms with Crippen LogP contribution in [0.5, 0.6) is 5.75 Å². The van der Waals surface area contributed by atoms with Crippen molar-refractivity contribution in [3.63, 3.8) is 0 Å². The summed E-state index contributed by atoms with van der Waals surface area (Å²) in [5.41, 5.74) is 3.65. The van der Waals surface area contributed by atoms with E-state index >= 15 is 0 Å². The summed E-state index contributed by atoms with van der Waals surface area (Å²) in [4.78, 5) is 0. The molecule has 5 heteroatoms. The fraction of sp³-hybridized carbons (Fsp3) is 0.0385. The topological polar surface area (TPSA) is 33.0 Å². The van der Waals surface area contributed by atoms with Gasteiger partial charge in [0, 0.05) is 4.47 Å². The minimum atomic E-state index is 0.509. The van der Waals surface area contributed by atoms with E-state index in [9.17, 15) is 5.26 Å². The number of hydrogen-bond donors (Lipinski definition) is 0. The Kier molecular flexibility index (Phi) is 7.31. The Bertz CT molecular complexity index is 1300. The number of benzene rings is 4. The van der Waals surface area contributed by atoms with Gasteiger partial charge in [-0.15, -0.1) is 0 Å². The van der Waals surface area contributed by atoms with E-state index in [1.54, 1.807) is 0 Å². The van der Waals surface area contributed by atoms with E-state index in [1.807, 2.05) is 48.5 Å². The highest BCUT2D eigenvalue weighted by atomic mass is 127. The third kappa shape index (κ3) is 5.48. The monoisotopic (exact) mass is 691 g/mol. The Hall–Kier alpha value is -1.89. The molecule has 0 radical (unpaired) electrons. The first-order valence-corrected chi connectivity index (χ1v) is 12.5. The zero-order valence-corrected chi connectivity index (χ0v) is 22.2. The van der Waals surface area contributed by atoms with Crippen LogP contribution in [0.3, 0.4) is 0 Å². The van der Waals surface area contributed by atoms with Crippen LogP contribution < -0.4 is 4.74 Å². The van der Waals surface area contributed by atoms with Crippen LogP contribution in [0.2, 0.25) is 0 Å². The quantitative estimate of drug-likeness (QED) is 0.120. The molecule has 0 saturated heterocycles. The van der Waals surface area contributed by atoms with Crippen molar-refractivity contribution in [2.75, 3.05) is 0 Å². The van der Waals surface area contributed by atoms with E-state index in [1.165, 1.54) is 5.39 Å². The SMILES string of the molecule is N#C/C(=C/c1cc(I)c(OCc2ccc(Br)cc2)c(I)c1)c1ccc2ccccc2c1. The third-order valence-electron chi connectivity index (χ3n) is 4.81. The molecule has 0 amide bonds. The van der Waals surface area contributed by atoms with Crippen LogP contribution in [0.1, 0.15) is 16.7 Å². The predicted octanol–water partition coefficient (Wildman–Crippen LogP) is 8.45. The first-order valence-electron chi connectivity index (χ1n) is 9.51. The van der Waals surface area contributed by atoms with E-state index in [0.29, 0.717) is 12.2 Å². The van der Waals surface area contributed by atoms with Gasteiger partial charge >= 0.3 is 0 Å². The number of nitrogens with zero attached hydrogens (tertiary/aromatic N) is 1. The van der Waals surface area contributed by atoms with Gasteiger partial charge in [-0.05, 0) is 109 Å². The standard InChI is InChI=1S/C26H16BrI2NO/c27-23-9-5-17(6-10-23)16-31-26-24(28)12-18(13-25(26)29)11-22(15-30)21-8-7-19-3-1-2-4-20(19)14-21/h1-14H,16H2/b22-11-. The van der Waals surface area contributed by atoms with Crippen LogP contribution in [0.15, 0.2) is 83.3 Å². The van der Waals surface area contributed by atoms with Gasteiger partial charge in [-0.1, -0.05) is 64.5 Å². The summed E-state index contributed by atoms with van der Waals surface area (Å²) in [5, 5.41) is 12.1. The zero-order valence-electron chi connectivity index (χ0n) is 16.3. The van der Waals surface area contributed by atoms with Gasteiger partial charge in [-0.2, -0.15) is 5.26 Å². The molecule has 0 aliphatic carbocycles. The van der Waals surface area contributed by atoms with Gasteiger partial charge in [0.25, 0.3) is 0 Å². The second kappa shape index (κ2) is 10.2. The van der Waals surface area contributed by atoms with Crippen molar-refractivity contribution in [3.8, 4) is 11.8 Å². The maximum Gasteiger partial charge on any atom is 0.146 e. The van der Waals surface area contributed by atoms with Gasteiger partial charge < -0.3 is 4.74 Å². The highest BCUT2D eigenvalue weighted by Crippen LogP contribution is 2.31. The van der Waals surface area contributed by atoms with Crippen molar-refractivity contribution in [1.82, 2.24) is 0 Å². The number of rotatable bonds is 5. The Morgan fingerprint density at radius 3 is 2.26 bits per heavy atom. The number of nitriles is 1. The molecule has 4 aromatic carbocycles. The number of ether oxygens (including phenoxy) is 1. The highest BCUT2D eigenvalue weighted by Gasteiger charge is 2.10. The first kappa shape index (κ1) is 22.3. The van der Waals surface area contributed by atoms with Crippen LogP contribution in [-0.2, 0) is 6.61 Å².